The van der Waals surface area contributed by atoms with Gasteiger partial charge in [-0.05, 0) is 18.9 Å². The van der Waals surface area contributed by atoms with E-state index in [-0.39, 0.29) is 34.2 Å². The van der Waals surface area contributed by atoms with Crippen LogP contribution in [0.2, 0.25) is 6.04 Å². The SMILES string of the molecule is CCCCCCCCCCCCCC[Si](O)(CO)CO.CCCCCCCCOP(=O)(O)OCCCCCCCC.[Ti]. The van der Waals surface area contributed by atoms with Crippen molar-refractivity contribution in [1.29, 1.82) is 0 Å². The van der Waals surface area contributed by atoms with Crippen LogP contribution in [0.5, 0.6) is 0 Å². The van der Waals surface area contributed by atoms with Crippen molar-refractivity contribution in [2.24, 2.45) is 0 Å². The quantitative estimate of drug-likeness (QED) is 0.0329. The number of hydrogen-bond acceptors (Lipinski definition) is 6. The van der Waals surface area contributed by atoms with E-state index in [1.54, 1.807) is 0 Å². The van der Waals surface area contributed by atoms with Gasteiger partial charge in [0.25, 0.3) is 0 Å². The van der Waals surface area contributed by atoms with Crippen LogP contribution in [0, 0.1) is 0 Å². The van der Waals surface area contributed by atoms with E-state index in [1.807, 2.05) is 0 Å². The number of aliphatic hydroxyl groups excluding tert-OH is 2. The molecule has 0 rings (SSSR count). The van der Waals surface area contributed by atoms with Crippen LogP contribution >= 0.6 is 7.82 Å². The van der Waals surface area contributed by atoms with Crippen molar-refractivity contribution in [3.63, 3.8) is 0 Å². The minimum atomic E-state index is -3.82. The molecule has 0 aliphatic heterocycles. The number of unbranched alkanes of at least 4 members (excludes halogenated alkanes) is 21. The van der Waals surface area contributed by atoms with Gasteiger partial charge >= 0.3 is 7.82 Å². The molecule has 0 atom stereocenters. The van der Waals surface area contributed by atoms with E-state index in [2.05, 4.69) is 20.8 Å². The van der Waals surface area contributed by atoms with Crippen molar-refractivity contribution in [2.45, 2.75) is 181 Å². The molecule has 0 unspecified atom stereocenters. The van der Waals surface area contributed by atoms with E-state index >= 15 is 0 Å². The molecule has 0 saturated carbocycles. The molecule has 7 nitrogen and oxygen atoms in total. The zero-order valence-corrected chi connectivity index (χ0v) is 31.4. The molecule has 42 heavy (non-hydrogen) atoms. The van der Waals surface area contributed by atoms with E-state index < -0.39 is 16.1 Å². The fourth-order valence-corrected chi connectivity index (χ4v) is 6.78. The number of hydrogen-bond donors (Lipinski definition) is 4. The molecular formula is C32H71O7PSiTi. The summed E-state index contributed by atoms with van der Waals surface area (Å²) in [7, 11) is -6.50. The van der Waals surface area contributed by atoms with Crippen LogP contribution in [0.4, 0.5) is 0 Å². The van der Waals surface area contributed by atoms with Crippen molar-refractivity contribution in [1.82, 2.24) is 0 Å². The molecule has 0 fully saturated rings. The summed E-state index contributed by atoms with van der Waals surface area (Å²) in [5.41, 5.74) is 0. The number of phosphoric ester groups is 1. The largest absolute Gasteiger partial charge is 0.472 e. The normalized spacial score (nSPS) is 11.7. The molecule has 0 radical (unpaired) electrons. The Hall–Kier alpha value is 0.921. The molecule has 10 heteroatoms. The van der Waals surface area contributed by atoms with Gasteiger partial charge in [-0.2, -0.15) is 0 Å². The topological polar surface area (TPSA) is 116 Å². The molecule has 0 aliphatic carbocycles. The maximum absolute atomic E-state index is 11.6. The Balaban J connectivity index is -0.000000708. The molecule has 0 spiro atoms. The molecular weight excluding hydrogens is 603 g/mol. The Morgan fingerprint density at radius 2 is 0.762 bits per heavy atom. The zero-order chi connectivity index (χ0) is 30.9. The minimum Gasteiger partial charge on any atom is -0.428 e. The summed E-state index contributed by atoms with van der Waals surface area (Å²) >= 11 is 0. The molecule has 0 aromatic carbocycles. The van der Waals surface area contributed by atoms with E-state index in [9.17, 15) is 14.3 Å². The Morgan fingerprint density at radius 3 is 1.05 bits per heavy atom. The molecule has 0 aromatic heterocycles. The zero-order valence-electron chi connectivity index (χ0n) is 28.0. The molecule has 0 amide bonds. The first-order valence-electron chi connectivity index (χ1n) is 17.4. The second-order valence-corrected chi connectivity index (χ2v) is 16.9. The summed E-state index contributed by atoms with van der Waals surface area (Å²) in [6, 6.07) is 0.636. The van der Waals surface area contributed by atoms with Gasteiger partial charge in [-0.25, -0.2) is 4.57 Å². The monoisotopic (exact) mass is 674 g/mol. The van der Waals surface area contributed by atoms with E-state index in [0.29, 0.717) is 19.3 Å². The van der Waals surface area contributed by atoms with Crippen LogP contribution < -0.4 is 0 Å². The first-order chi connectivity index (χ1) is 19.8. The Morgan fingerprint density at radius 1 is 0.500 bits per heavy atom. The first kappa shape index (κ1) is 47.3. The maximum atomic E-state index is 11.6. The van der Waals surface area contributed by atoms with Crippen molar-refractivity contribution in [3.8, 4) is 0 Å². The third-order valence-corrected chi connectivity index (χ3v) is 11.1. The summed E-state index contributed by atoms with van der Waals surface area (Å²) < 4.78 is 21.5. The van der Waals surface area contributed by atoms with Gasteiger partial charge in [-0.3, -0.25) is 9.05 Å². The van der Waals surface area contributed by atoms with Crippen molar-refractivity contribution < 1.29 is 55.2 Å². The van der Waals surface area contributed by atoms with Gasteiger partial charge in [0.05, 0.1) is 25.7 Å². The van der Waals surface area contributed by atoms with Gasteiger partial charge < -0.3 is 19.9 Å². The maximum Gasteiger partial charge on any atom is 0.472 e. The van der Waals surface area contributed by atoms with Crippen molar-refractivity contribution in [2.75, 3.05) is 25.7 Å². The predicted octanol–water partition coefficient (Wildman–Crippen LogP) is 9.53. The van der Waals surface area contributed by atoms with Gasteiger partial charge in [0.2, 0.25) is 8.32 Å². The Labute approximate surface area is 277 Å². The van der Waals surface area contributed by atoms with Crippen LogP contribution in [0.25, 0.3) is 0 Å². The fourth-order valence-electron chi connectivity index (χ4n) is 4.67. The van der Waals surface area contributed by atoms with E-state index in [4.69, 9.17) is 19.3 Å². The number of aliphatic hydroxyl groups is 2. The molecule has 0 heterocycles. The summed E-state index contributed by atoms with van der Waals surface area (Å²) in [6.07, 6.45) is 28.7. The summed E-state index contributed by atoms with van der Waals surface area (Å²) in [5.74, 6) is 0. The van der Waals surface area contributed by atoms with Crippen LogP contribution in [0.1, 0.15) is 175 Å². The van der Waals surface area contributed by atoms with Crippen LogP contribution in [0.15, 0.2) is 0 Å². The number of rotatable bonds is 31. The molecule has 0 saturated heterocycles. The fraction of sp³-hybridized carbons (Fsp3) is 1.00. The second kappa shape index (κ2) is 36.4. The molecule has 4 N–H and O–H groups in total. The average molecular weight is 675 g/mol. The van der Waals surface area contributed by atoms with Crippen LogP contribution in [-0.4, -0.2) is 53.9 Å². The average Bonchev–Trinajstić information content (AvgIpc) is 2.97. The van der Waals surface area contributed by atoms with Gasteiger partial charge in [0.1, 0.15) is 0 Å². The Kier molecular flexibility index (Phi) is 41.0. The summed E-state index contributed by atoms with van der Waals surface area (Å²) in [5, 5.41) is 18.0. The van der Waals surface area contributed by atoms with Gasteiger partial charge in [0, 0.05) is 21.7 Å². The molecule has 0 aliphatic rings. The van der Waals surface area contributed by atoms with Gasteiger partial charge in [-0.15, -0.1) is 0 Å². The minimum absolute atomic E-state index is 0. The Bertz CT molecular complexity index is 535. The third-order valence-electron chi connectivity index (χ3n) is 7.59. The molecule has 0 aromatic rings. The van der Waals surface area contributed by atoms with Gasteiger partial charge in [0.15, 0.2) is 0 Å². The third kappa shape index (κ3) is 37.1. The first-order valence-corrected chi connectivity index (χ1v) is 21.4. The van der Waals surface area contributed by atoms with Crippen LogP contribution in [0.3, 0.4) is 0 Å². The summed E-state index contributed by atoms with van der Waals surface area (Å²) in [6.45, 7) is 7.26. The van der Waals surface area contributed by atoms with Crippen molar-refractivity contribution >= 4 is 16.1 Å². The standard InChI is InChI=1S/C16H35O4P.C16H36O3Si.Ti/c1-3-5-7-9-11-13-15-19-21(17,18)20-16-14-12-10-8-6-4-2;1-2-3-4-5-6-7-8-9-10-11-12-13-14-20(19,15-17)16-18;/h3-16H2,1-2H3,(H,17,18);17-19H,2-16H2,1H3;. The van der Waals surface area contributed by atoms with E-state index in [0.717, 1.165) is 38.5 Å². The molecule has 254 valence electrons. The smallest absolute Gasteiger partial charge is 0.428 e. The molecule has 0 bridgehead atoms. The summed E-state index contributed by atoms with van der Waals surface area (Å²) in [4.78, 5) is 19.3. The van der Waals surface area contributed by atoms with Gasteiger partial charge in [-0.1, -0.05) is 162 Å². The van der Waals surface area contributed by atoms with Crippen molar-refractivity contribution in [3.05, 3.63) is 0 Å². The van der Waals surface area contributed by atoms with E-state index in [1.165, 1.54) is 116 Å². The van der Waals surface area contributed by atoms with Crippen LogP contribution in [-0.2, 0) is 35.3 Å². The predicted molar refractivity (Wildman–Crippen MR) is 177 cm³/mol. The number of phosphoric acid groups is 1. The second-order valence-electron chi connectivity index (χ2n) is 11.9.